The van der Waals surface area contributed by atoms with Gasteiger partial charge in [-0.25, -0.2) is 4.98 Å². The average Bonchev–Trinajstić information content (AvgIpc) is 2.77. The lowest BCUT2D eigenvalue weighted by Crippen LogP contribution is -2.24. The van der Waals surface area contributed by atoms with Crippen molar-refractivity contribution in [3.8, 4) is 0 Å². The smallest absolute Gasteiger partial charge is 0.0954 e. The Balaban J connectivity index is 2.05. The summed E-state index contributed by atoms with van der Waals surface area (Å²) >= 11 is 1.88. The van der Waals surface area contributed by atoms with Crippen LogP contribution < -0.4 is 5.32 Å². The topological polar surface area (TPSA) is 34.2 Å². The molecule has 17 heavy (non-hydrogen) atoms. The van der Waals surface area contributed by atoms with Crippen LogP contribution >= 0.6 is 11.3 Å². The van der Waals surface area contributed by atoms with Gasteiger partial charge in [0.05, 0.1) is 17.3 Å². The first kappa shape index (κ1) is 13.0. The minimum Gasteiger partial charge on any atom is -0.384 e. The number of aromatic nitrogens is 1. The summed E-state index contributed by atoms with van der Waals surface area (Å²) in [5.41, 5.74) is 1.33. The van der Waals surface area contributed by atoms with E-state index in [-0.39, 0.29) is 0 Å². The molecule has 1 heterocycles. The number of nitrogens with one attached hydrogen (secondary N) is 1. The van der Waals surface area contributed by atoms with Crippen LogP contribution in [0.15, 0.2) is 0 Å². The number of fused-ring (bicyclic) bond motifs is 1. The highest BCUT2D eigenvalue weighted by molar-refractivity contribution is 7.11. The van der Waals surface area contributed by atoms with Crippen molar-refractivity contribution in [1.82, 2.24) is 10.3 Å². The highest BCUT2D eigenvalue weighted by atomic mass is 32.1. The molecule has 0 radical (unpaired) electrons. The first-order chi connectivity index (χ1) is 8.35. The van der Waals surface area contributed by atoms with Gasteiger partial charge >= 0.3 is 0 Å². The molecular formula is C13H22N2OS. The number of hydrogen-bond acceptors (Lipinski definition) is 4. The van der Waals surface area contributed by atoms with Crippen molar-refractivity contribution < 1.29 is 4.74 Å². The summed E-state index contributed by atoms with van der Waals surface area (Å²) in [5.74, 6) is 0. The number of methoxy groups -OCH3 is 1. The molecule has 2 rings (SSSR count). The van der Waals surface area contributed by atoms with E-state index in [1.807, 2.05) is 11.3 Å². The van der Waals surface area contributed by atoms with Crippen molar-refractivity contribution in [3.05, 3.63) is 15.6 Å². The summed E-state index contributed by atoms with van der Waals surface area (Å²) in [4.78, 5) is 6.23. The molecule has 1 aromatic heterocycles. The van der Waals surface area contributed by atoms with E-state index >= 15 is 0 Å². The average molecular weight is 254 g/mol. The van der Waals surface area contributed by atoms with Gasteiger partial charge in [0.1, 0.15) is 0 Å². The van der Waals surface area contributed by atoms with E-state index in [1.165, 1.54) is 34.8 Å². The van der Waals surface area contributed by atoms with Crippen molar-refractivity contribution in [2.75, 3.05) is 20.3 Å². The Morgan fingerprint density at radius 2 is 2.41 bits per heavy atom. The van der Waals surface area contributed by atoms with Crippen LogP contribution in [0, 0.1) is 0 Å². The third-order valence-electron chi connectivity index (χ3n) is 3.16. The molecule has 0 aromatic carbocycles. The fourth-order valence-electron chi connectivity index (χ4n) is 2.28. The number of rotatable bonds is 6. The van der Waals surface area contributed by atoms with E-state index in [9.17, 15) is 0 Å². The number of ether oxygens (including phenoxy) is 1. The second kappa shape index (κ2) is 6.47. The molecule has 1 aromatic rings. The maximum atomic E-state index is 5.12. The van der Waals surface area contributed by atoms with Crippen LogP contribution in [-0.4, -0.2) is 25.2 Å². The molecule has 0 saturated carbocycles. The molecule has 3 nitrogen and oxygen atoms in total. The quantitative estimate of drug-likeness (QED) is 0.847. The van der Waals surface area contributed by atoms with E-state index in [2.05, 4.69) is 12.2 Å². The summed E-state index contributed by atoms with van der Waals surface area (Å²) in [6.45, 7) is 4.10. The molecular weight excluding hydrogens is 232 g/mol. The van der Waals surface area contributed by atoms with Crippen molar-refractivity contribution in [3.63, 3.8) is 0 Å². The van der Waals surface area contributed by atoms with E-state index in [1.54, 1.807) is 7.11 Å². The van der Waals surface area contributed by atoms with E-state index in [0.717, 1.165) is 26.0 Å². The van der Waals surface area contributed by atoms with Gasteiger partial charge in [-0.1, -0.05) is 6.92 Å². The zero-order valence-electron chi connectivity index (χ0n) is 10.8. The molecule has 4 heteroatoms. The first-order valence-corrected chi connectivity index (χ1v) is 7.37. The predicted molar refractivity (Wildman–Crippen MR) is 71.7 cm³/mol. The number of nitrogens with zero attached hydrogens (tertiary/aromatic N) is 1. The predicted octanol–water partition coefficient (Wildman–Crippen LogP) is 2.71. The SMILES string of the molecule is CCCNC1CCCc2nc(CCOC)sc21. The summed E-state index contributed by atoms with van der Waals surface area (Å²) in [6.07, 6.45) is 5.83. The van der Waals surface area contributed by atoms with Gasteiger partial charge in [-0.05, 0) is 32.2 Å². The molecule has 1 N–H and O–H groups in total. The van der Waals surface area contributed by atoms with Crippen LogP contribution in [0.25, 0.3) is 0 Å². The zero-order chi connectivity index (χ0) is 12.1. The van der Waals surface area contributed by atoms with Gasteiger partial charge in [0.15, 0.2) is 0 Å². The molecule has 1 aliphatic rings. The summed E-state index contributed by atoms with van der Waals surface area (Å²) in [5, 5.41) is 4.87. The van der Waals surface area contributed by atoms with Crippen LogP contribution in [0.2, 0.25) is 0 Å². The molecule has 96 valence electrons. The number of aryl methyl sites for hydroxylation is 1. The maximum absolute atomic E-state index is 5.12. The van der Waals surface area contributed by atoms with Crippen LogP contribution in [0.1, 0.15) is 47.8 Å². The Hall–Kier alpha value is -0.450. The van der Waals surface area contributed by atoms with Crippen LogP contribution in [0.3, 0.4) is 0 Å². The van der Waals surface area contributed by atoms with Gasteiger partial charge in [0.2, 0.25) is 0 Å². The molecule has 1 atom stereocenters. The second-order valence-corrected chi connectivity index (χ2v) is 5.68. The Bertz CT molecular complexity index is 351. The summed E-state index contributed by atoms with van der Waals surface area (Å²) in [7, 11) is 1.75. The first-order valence-electron chi connectivity index (χ1n) is 6.56. The van der Waals surface area contributed by atoms with E-state index in [4.69, 9.17) is 9.72 Å². The maximum Gasteiger partial charge on any atom is 0.0954 e. The van der Waals surface area contributed by atoms with Crippen molar-refractivity contribution >= 4 is 11.3 Å². The molecule has 0 fully saturated rings. The van der Waals surface area contributed by atoms with E-state index in [0.29, 0.717) is 6.04 Å². The standard InChI is InChI=1S/C13H22N2OS/c1-3-8-14-10-5-4-6-11-13(10)17-12(15-11)7-9-16-2/h10,14H,3-9H2,1-2H3. The van der Waals surface area contributed by atoms with Gasteiger partial charge < -0.3 is 10.1 Å². The largest absolute Gasteiger partial charge is 0.384 e. The van der Waals surface area contributed by atoms with Gasteiger partial charge in [-0.3, -0.25) is 0 Å². The lowest BCUT2D eigenvalue weighted by Gasteiger charge is -2.22. The van der Waals surface area contributed by atoms with Gasteiger partial charge in [0, 0.05) is 24.4 Å². The van der Waals surface area contributed by atoms with Crippen molar-refractivity contribution in [1.29, 1.82) is 0 Å². The van der Waals surface area contributed by atoms with Gasteiger partial charge in [-0.2, -0.15) is 0 Å². The van der Waals surface area contributed by atoms with Crippen LogP contribution in [-0.2, 0) is 17.6 Å². The second-order valence-electron chi connectivity index (χ2n) is 4.56. The summed E-state index contributed by atoms with van der Waals surface area (Å²) < 4.78 is 5.12. The highest BCUT2D eigenvalue weighted by Gasteiger charge is 2.23. The number of thiazole rings is 1. The lowest BCUT2D eigenvalue weighted by atomic mass is 9.98. The van der Waals surface area contributed by atoms with Gasteiger partial charge in [-0.15, -0.1) is 11.3 Å². The Labute approximate surface area is 108 Å². The molecule has 0 aliphatic heterocycles. The Kier molecular flexibility index (Phi) is 4.95. The molecule has 1 aliphatic carbocycles. The fraction of sp³-hybridized carbons (Fsp3) is 0.769. The normalized spacial score (nSPS) is 19.3. The molecule has 0 bridgehead atoms. The molecule has 0 saturated heterocycles. The minimum absolute atomic E-state index is 0.549. The fourth-order valence-corrected chi connectivity index (χ4v) is 3.48. The van der Waals surface area contributed by atoms with Crippen molar-refractivity contribution in [2.45, 2.75) is 45.1 Å². The third-order valence-corrected chi connectivity index (χ3v) is 4.43. The summed E-state index contributed by atoms with van der Waals surface area (Å²) in [6, 6.07) is 0.549. The Morgan fingerprint density at radius 3 is 3.18 bits per heavy atom. The van der Waals surface area contributed by atoms with Crippen LogP contribution in [0.4, 0.5) is 0 Å². The highest BCUT2D eigenvalue weighted by Crippen LogP contribution is 2.34. The monoisotopic (exact) mass is 254 g/mol. The van der Waals surface area contributed by atoms with Crippen molar-refractivity contribution in [2.24, 2.45) is 0 Å². The molecule has 0 spiro atoms. The van der Waals surface area contributed by atoms with Crippen LogP contribution in [0.5, 0.6) is 0 Å². The minimum atomic E-state index is 0.549. The van der Waals surface area contributed by atoms with E-state index < -0.39 is 0 Å². The molecule has 1 unspecified atom stereocenters. The molecule has 0 amide bonds. The lowest BCUT2D eigenvalue weighted by molar-refractivity contribution is 0.202. The Morgan fingerprint density at radius 1 is 1.53 bits per heavy atom. The van der Waals surface area contributed by atoms with Gasteiger partial charge in [0.25, 0.3) is 0 Å². The number of hydrogen-bond donors (Lipinski definition) is 1. The third kappa shape index (κ3) is 3.27. The zero-order valence-corrected chi connectivity index (χ0v) is 11.6.